The molecule has 0 spiro atoms. The molecule has 120 valence electrons. The van der Waals surface area contributed by atoms with E-state index >= 15 is 0 Å². The zero-order valence-electron chi connectivity index (χ0n) is 12.0. The van der Waals surface area contributed by atoms with Crippen LogP contribution in [-0.2, 0) is 11.0 Å². The molecule has 2 aromatic rings. The van der Waals surface area contributed by atoms with Crippen molar-refractivity contribution in [2.75, 3.05) is 0 Å². The van der Waals surface area contributed by atoms with E-state index in [1.807, 2.05) is 0 Å². The lowest BCUT2D eigenvalue weighted by Gasteiger charge is -2.14. The second-order valence-corrected chi connectivity index (χ2v) is 4.68. The van der Waals surface area contributed by atoms with Crippen molar-refractivity contribution in [2.24, 2.45) is 0 Å². The van der Waals surface area contributed by atoms with Crippen molar-refractivity contribution in [1.82, 2.24) is 4.98 Å². The van der Waals surface area contributed by atoms with E-state index in [-0.39, 0.29) is 22.6 Å². The Bertz CT molecular complexity index is 740. The Kier molecular flexibility index (Phi) is 4.68. The van der Waals surface area contributed by atoms with Crippen LogP contribution in [0.15, 0.2) is 48.3 Å². The van der Waals surface area contributed by atoms with E-state index in [0.29, 0.717) is 0 Å². The van der Waals surface area contributed by atoms with Gasteiger partial charge in [-0.3, -0.25) is 4.98 Å². The Balaban J connectivity index is 2.44. The first-order valence-corrected chi connectivity index (χ1v) is 6.48. The predicted octanol–water partition coefficient (Wildman–Crippen LogP) is 4.38. The zero-order valence-corrected chi connectivity index (χ0v) is 12.0. The van der Waals surface area contributed by atoms with Crippen LogP contribution in [0.3, 0.4) is 0 Å². The van der Waals surface area contributed by atoms with Crippen molar-refractivity contribution >= 4 is 12.0 Å². The number of aromatic nitrogens is 1. The molecule has 7 heteroatoms. The quantitative estimate of drug-likeness (QED) is 0.848. The van der Waals surface area contributed by atoms with Crippen LogP contribution in [0.5, 0.6) is 11.5 Å². The molecule has 4 nitrogen and oxygen atoms in total. The molecule has 0 saturated heterocycles. The third kappa shape index (κ3) is 4.32. The average Bonchev–Trinajstić information content (AvgIpc) is 2.48. The SMILES string of the molecule is CC(=Cc1ccc(Oc2cccnc2)c(C(F)(F)F)c1)C(=O)O. The van der Waals surface area contributed by atoms with E-state index in [4.69, 9.17) is 9.84 Å². The first-order valence-electron chi connectivity index (χ1n) is 6.48. The Morgan fingerprint density at radius 3 is 2.61 bits per heavy atom. The van der Waals surface area contributed by atoms with Gasteiger partial charge in [0, 0.05) is 11.8 Å². The van der Waals surface area contributed by atoms with E-state index < -0.39 is 17.7 Å². The van der Waals surface area contributed by atoms with E-state index in [1.165, 1.54) is 37.5 Å². The van der Waals surface area contributed by atoms with Crippen molar-refractivity contribution in [1.29, 1.82) is 0 Å². The second-order valence-electron chi connectivity index (χ2n) is 4.68. The van der Waals surface area contributed by atoms with Gasteiger partial charge in [-0.05, 0) is 42.8 Å². The van der Waals surface area contributed by atoms with Gasteiger partial charge >= 0.3 is 12.1 Å². The Morgan fingerprint density at radius 2 is 2.04 bits per heavy atom. The highest BCUT2D eigenvalue weighted by molar-refractivity contribution is 5.91. The monoisotopic (exact) mass is 323 g/mol. The van der Waals surface area contributed by atoms with Gasteiger partial charge in [-0.2, -0.15) is 13.2 Å². The van der Waals surface area contributed by atoms with Crippen LogP contribution in [0, 0.1) is 0 Å². The van der Waals surface area contributed by atoms with Crippen LogP contribution in [0.1, 0.15) is 18.1 Å². The normalized spacial score (nSPS) is 12.1. The van der Waals surface area contributed by atoms with Crippen LogP contribution in [0.25, 0.3) is 6.08 Å². The fourth-order valence-electron chi connectivity index (χ4n) is 1.79. The van der Waals surface area contributed by atoms with Crippen molar-refractivity contribution < 1.29 is 27.8 Å². The molecule has 0 amide bonds. The summed E-state index contributed by atoms with van der Waals surface area (Å²) in [4.78, 5) is 14.5. The van der Waals surface area contributed by atoms with Gasteiger partial charge in [0.25, 0.3) is 0 Å². The number of benzene rings is 1. The van der Waals surface area contributed by atoms with E-state index in [2.05, 4.69) is 4.98 Å². The summed E-state index contributed by atoms with van der Waals surface area (Å²) in [5.74, 6) is -1.41. The number of rotatable bonds is 4. The summed E-state index contributed by atoms with van der Waals surface area (Å²) < 4.78 is 44.8. The molecule has 0 bridgehead atoms. The second kappa shape index (κ2) is 6.51. The average molecular weight is 323 g/mol. The third-order valence-corrected chi connectivity index (χ3v) is 2.89. The lowest BCUT2D eigenvalue weighted by molar-refractivity contribution is -0.138. The van der Waals surface area contributed by atoms with Crippen LogP contribution in [-0.4, -0.2) is 16.1 Å². The van der Waals surface area contributed by atoms with Crippen LogP contribution < -0.4 is 4.74 Å². The number of carbonyl (C=O) groups is 1. The number of hydrogen-bond donors (Lipinski definition) is 1. The van der Waals surface area contributed by atoms with Gasteiger partial charge in [0.05, 0.1) is 11.8 Å². The van der Waals surface area contributed by atoms with Gasteiger partial charge in [-0.1, -0.05) is 6.07 Å². The fraction of sp³-hybridized carbons (Fsp3) is 0.125. The van der Waals surface area contributed by atoms with Gasteiger partial charge in [-0.25, -0.2) is 4.79 Å². The lowest BCUT2D eigenvalue weighted by atomic mass is 10.1. The predicted molar refractivity (Wildman–Crippen MR) is 77.0 cm³/mol. The van der Waals surface area contributed by atoms with Crippen LogP contribution in [0.2, 0.25) is 0 Å². The molecule has 1 N–H and O–H groups in total. The molecule has 23 heavy (non-hydrogen) atoms. The van der Waals surface area contributed by atoms with Gasteiger partial charge in [0.2, 0.25) is 0 Å². The molecule has 1 heterocycles. The van der Waals surface area contributed by atoms with Gasteiger partial charge in [0.1, 0.15) is 11.5 Å². The van der Waals surface area contributed by atoms with Crippen molar-refractivity contribution in [3.05, 3.63) is 59.4 Å². The molecule has 0 aliphatic heterocycles. The third-order valence-electron chi connectivity index (χ3n) is 2.89. The highest BCUT2D eigenvalue weighted by Crippen LogP contribution is 2.38. The minimum Gasteiger partial charge on any atom is -0.478 e. The molecular formula is C16H12F3NO3. The molecule has 0 aliphatic rings. The molecule has 1 aromatic heterocycles. The topological polar surface area (TPSA) is 59.4 Å². The molecule has 2 rings (SSSR count). The number of alkyl halides is 3. The highest BCUT2D eigenvalue weighted by Gasteiger charge is 2.34. The summed E-state index contributed by atoms with van der Waals surface area (Å²) >= 11 is 0. The summed E-state index contributed by atoms with van der Waals surface area (Å²) in [7, 11) is 0. The number of nitrogens with zero attached hydrogens (tertiary/aromatic N) is 1. The minimum absolute atomic E-state index is 0.0703. The molecule has 0 atom stereocenters. The maximum absolute atomic E-state index is 13.2. The number of carboxylic acids is 1. The maximum atomic E-state index is 13.2. The zero-order chi connectivity index (χ0) is 17.0. The van der Waals surface area contributed by atoms with Gasteiger partial charge in [0.15, 0.2) is 0 Å². The lowest BCUT2D eigenvalue weighted by Crippen LogP contribution is -2.07. The van der Waals surface area contributed by atoms with Crippen LogP contribution >= 0.6 is 0 Å². The van der Waals surface area contributed by atoms with Crippen molar-refractivity contribution in [3.63, 3.8) is 0 Å². The number of ether oxygens (including phenoxy) is 1. The number of carboxylic acid groups (broad SMARTS) is 1. The molecular weight excluding hydrogens is 311 g/mol. The van der Waals surface area contributed by atoms with Gasteiger partial charge < -0.3 is 9.84 Å². The standard InChI is InChI=1S/C16H12F3NO3/c1-10(15(21)22)7-11-4-5-14(13(8-11)16(17,18)19)23-12-3-2-6-20-9-12/h2-9H,1H3,(H,21,22). The number of hydrogen-bond acceptors (Lipinski definition) is 3. The van der Waals surface area contributed by atoms with Crippen LogP contribution in [0.4, 0.5) is 13.2 Å². The molecule has 0 fully saturated rings. The number of halogens is 3. The summed E-state index contributed by atoms with van der Waals surface area (Å²) in [5.41, 5.74) is -0.942. The highest BCUT2D eigenvalue weighted by atomic mass is 19.4. The fourth-order valence-corrected chi connectivity index (χ4v) is 1.79. The first kappa shape index (κ1) is 16.5. The Labute approximate surface area is 129 Å². The van der Waals surface area contributed by atoms with Crippen molar-refractivity contribution in [2.45, 2.75) is 13.1 Å². The summed E-state index contributed by atoms with van der Waals surface area (Å²) in [6.45, 7) is 1.30. The molecule has 0 radical (unpaired) electrons. The van der Waals surface area contributed by atoms with Gasteiger partial charge in [-0.15, -0.1) is 0 Å². The largest absolute Gasteiger partial charge is 0.478 e. The molecule has 0 unspecified atom stereocenters. The smallest absolute Gasteiger partial charge is 0.420 e. The summed E-state index contributed by atoms with van der Waals surface area (Å²) in [6.07, 6.45) is -0.716. The van der Waals surface area contributed by atoms with E-state index in [1.54, 1.807) is 0 Å². The number of aliphatic carboxylic acids is 1. The van der Waals surface area contributed by atoms with E-state index in [9.17, 15) is 18.0 Å². The molecule has 0 aliphatic carbocycles. The Morgan fingerprint density at radius 1 is 1.30 bits per heavy atom. The molecule has 1 aromatic carbocycles. The first-order chi connectivity index (χ1) is 10.8. The maximum Gasteiger partial charge on any atom is 0.420 e. The number of pyridine rings is 1. The van der Waals surface area contributed by atoms with Crippen molar-refractivity contribution in [3.8, 4) is 11.5 Å². The molecule has 0 saturated carbocycles. The Hall–Kier alpha value is -2.83. The minimum atomic E-state index is -4.64. The summed E-state index contributed by atoms with van der Waals surface area (Å²) in [6, 6.07) is 6.37. The summed E-state index contributed by atoms with van der Waals surface area (Å²) in [5, 5.41) is 8.80. The van der Waals surface area contributed by atoms with E-state index in [0.717, 1.165) is 18.2 Å².